The molecule has 0 amide bonds. The zero-order chi connectivity index (χ0) is 16.4. The molecule has 4 nitrogen and oxygen atoms in total. The molecule has 2 aromatic carbocycles. The molecule has 0 saturated carbocycles. The summed E-state index contributed by atoms with van der Waals surface area (Å²) < 4.78 is 39.7. The summed E-state index contributed by atoms with van der Waals surface area (Å²) >= 11 is 0. The van der Waals surface area contributed by atoms with Gasteiger partial charge in [-0.05, 0) is 53.8 Å². The third-order valence-electron chi connectivity index (χ3n) is 3.59. The average Bonchev–Trinajstić information content (AvgIpc) is 2.87. The van der Waals surface area contributed by atoms with E-state index in [4.69, 9.17) is 0 Å². The van der Waals surface area contributed by atoms with Gasteiger partial charge in [0.25, 0.3) is 0 Å². The summed E-state index contributed by atoms with van der Waals surface area (Å²) in [6.07, 6.45) is 0. The first-order valence-corrected chi connectivity index (χ1v) is 8.86. The van der Waals surface area contributed by atoms with Crippen molar-refractivity contribution in [2.24, 2.45) is 0 Å². The van der Waals surface area contributed by atoms with Crippen molar-refractivity contribution in [2.75, 3.05) is 0 Å². The molecule has 0 unspecified atom stereocenters. The fourth-order valence-corrected chi connectivity index (χ4v) is 3.60. The maximum atomic E-state index is 12.9. The standard InChI is InChI=1S/C17H17FN2O2S/c1-12-8-15-9-14(4-7-17(15)20-12)10-19-23(21,22)11-13-2-5-16(18)6-3-13/h2-9,19-20H,10-11H2,1H3. The van der Waals surface area contributed by atoms with Gasteiger partial charge in [0.05, 0.1) is 5.75 Å². The lowest BCUT2D eigenvalue weighted by Crippen LogP contribution is -2.24. The van der Waals surface area contributed by atoms with Crippen molar-refractivity contribution < 1.29 is 12.8 Å². The van der Waals surface area contributed by atoms with E-state index in [1.807, 2.05) is 31.2 Å². The Morgan fingerprint density at radius 1 is 1.04 bits per heavy atom. The van der Waals surface area contributed by atoms with Crippen molar-refractivity contribution in [3.05, 3.63) is 71.2 Å². The van der Waals surface area contributed by atoms with Gasteiger partial charge in [-0.3, -0.25) is 0 Å². The van der Waals surface area contributed by atoms with Crippen LogP contribution < -0.4 is 4.72 Å². The zero-order valence-electron chi connectivity index (χ0n) is 12.6. The highest BCUT2D eigenvalue weighted by molar-refractivity contribution is 7.88. The molecule has 6 heteroatoms. The van der Waals surface area contributed by atoms with Gasteiger partial charge < -0.3 is 4.98 Å². The number of aryl methyl sites for hydroxylation is 1. The van der Waals surface area contributed by atoms with Crippen molar-refractivity contribution in [1.82, 2.24) is 9.71 Å². The highest BCUT2D eigenvalue weighted by Crippen LogP contribution is 2.17. The van der Waals surface area contributed by atoms with Crippen molar-refractivity contribution >= 4 is 20.9 Å². The minimum atomic E-state index is -3.47. The molecule has 0 aliphatic rings. The van der Waals surface area contributed by atoms with Gasteiger partial charge in [-0.2, -0.15) is 0 Å². The van der Waals surface area contributed by atoms with E-state index in [2.05, 4.69) is 9.71 Å². The Kier molecular flexibility index (Phi) is 4.19. The molecule has 0 saturated heterocycles. The smallest absolute Gasteiger partial charge is 0.216 e. The normalized spacial score (nSPS) is 11.9. The molecule has 3 rings (SSSR count). The van der Waals surface area contributed by atoms with Crippen LogP contribution in [0.25, 0.3) is 10.9 Å². The van der Waals surface area contributed by atoms with Crippen molar-refractivity contribution in [2.45, 2.75) is 19.2 Å². The van der Waals surface area contributed by atoms with Crippen molar-refractivity contribution in [3.63, 3.8) is 0 Å². The number of hydrogen-bond acceptors (Lipinski definition) is 2. The molecule has 120 valence electrons. The summed E-state index contributed by atoms with van der Waals surface area (Å²) in [5.41, 5.74) is 3.53. The van der Waals surface area contributed by atoms with Crippen LogP contribution in [0.5, 0.6) is 0 Å². The molecule has 0 aliphatic carbocycles. The Bertz CT molecular complexity index is 931. The fraction of sp³-hybridized carbons (Fsp3) is 0.176. The van der Waals surface area contributed by atoms with Gasteiger partial charge in [0.15, 0.2) is 0 Å². The first-order valence-electron chi connectivity index (χ1n) is 7.21. The predicted octanol–water partition coefficient (Wildman–Crippen LogP) is 3.24. The van der Waals surface area contributed by atoms with Crippen LogP contribution in [-0.2, 0) is 22.3 Å². The van der Waals surface area contributed by atoms with Gasteiger partial charge in [-0.25, -0.2) is 17.5 Å². The van der Waals surface area contributed by atoms with Crippen LogP contribution in [0.2, 0.25) is 0 Å². The van der Waals surface area contributed by atoms with Gasteiger partial charge >= 0.3 is 0 Å². The maximum Gasteiger partial charge on any atom is 0.216 e. The lowest BCUT2D eigenvalue weighted by molar-refractivity contribution is 0.580. The molecular weight excluding hydrogens is 315 g/mol. The number of aromatic amines is 1. The van der Waals surface area contributed by atoms with Crippen LogP contribution in [0, 0.1) is 12.7 Å². The van der Waals surface area contributed by atoms with Gasteiger partial charge in [0.2, 0.25) is 10.0 Å². The molecule has 0 atom stereocenters. The molecule has 1 heterocycles. The second kappa shape index (κ2) is 6.14. The van der Waals surface area contributed by atoms with E-state index in [9.17, 15) is 12.8 Å². The van der Waals surface area contributed by atoms with E-state index in [0.717, 1.165) is 22.2 Å². The Morgan fingerprint density at radius 2 is 1.74 bits per heavy atom. The lowest BCUT2D eigenvalue weighted by Gasteiger charge is -2.07. The number of rotatable bonds is 5. The SMILES string of the molecule is Cc1cc2cc(CNS(=O)(=O)Cc3ccc(F)cc3)ccc2[nH]1. The number of aromatic nitrogens is 1. The van der Waals surface area contributed by atoms with Crippen LogP contribution in [0.3, 0.4) is 0 Å². The summed E-state index contributed by atoms with van der Waals surface area (Å²) in [5.74, 6) is -0.548. The van der Waals surface area contributed by atoms with E-state index >= 15 is 0 Å². The van der Waals surface area contributed by atoms with Gasteiger partial charge in [0.1, 0.15) is 5.82 Å². The minimum Gasteiger partial charge on any atom is -0.359 e. The zero-order valence-corrected chi connectivity index (χ0v) is 13.5. The number of sulfonamides is 1. The first-order chi connectivity index (χ1) is 10.9. The molecule has 0 fully saturated rings. The molecule has 0 aliphatic heterocycles. The van der Waals surface area contributed by atoms with E-state index < -0.39 is 10.0 Å². The maximum absolute atomic E-state index is 12.9. The number of benzene rings is 2. The molecule has 0 radical (unpaired) electrons. The first kappa shape index (κ1) is 15.7. The molecule has 0 spiro atoms. The molecule has 1 aromatic heterocycles. The summed E-state index contributed by atoms with van der Waals surface area (Å²) in [4.78, 5) is 3.23. The van der Waals surface area contributed by atoms with Crippen LogP contribution in [0.4, 0.5) is 4.39 Å². The van der Waals surface area contributed by atoms with Crippen molar-refractivity contribution in [3.8, 4) is 0 Å². The highest BCUT2D eigenvalue weighted by Gasteiger charge is 2.11. The summed E-state index contributed by atoms with van der Waals surface area (Å²) in [5, 5.41) is 1.05. The second-order valence-electron chi connectivity index (χ2n) is 5.58. The lowest BCUT2D eigenvalue weighted by atomic mass is 10.1. The quantitative estimate of drug-likeness (QED) is 0.753. The van der Waals surface area contributed by atoms with E-state index in [0.29, 0.717) is 5.56 Å². The van der Waals surface area contributed by atoms with Gasteiger partial charge in [0, 0.05) is 17.8 Å². The third kappa shape index (κ3) is 3.97. The summed E-state index contributed by atoms with van der Waals surface area (Å²) in [6, 6.07) is 13.3. The molecule has 0 bridgehead atoms. The molecule has 2 N–H and O–H groups in total. The third-order valence-corrected chi connectivity index (χ3v) is 4.88. The number of fused-ring (bicyclic) bond motifs is 1. The Balaban J connectivity index is 1.68. The predicted molar refractivity (Wildman–Crippen MR) is 88.9 cm³/mol. The molecular formula is C17H17FN2O2S. The Hall–Kier alpha value is -2.18. The van der Waals surface area contributed by atoms with Crippen LogP contribution in [0.15, 0.2) is 48.5 Å². The number of H-pyrrole nitrogens is 1. The molecule has 23 heavy (non-hydrogen) atoms. The summed E-state index contributed by atoms with van der Waals surface area (Å²) in [7, 11) is -3.47. The Labute approximate surface area is 134 Å². The van der Waals surface area contributed by atoms with Crippen LogP contribution in [0.1, 0.15) is 16.8 Å². The average molecular weight is 332 g/mol. The van der Waals surface area contributed by atoms with E-state index in [1.54, 1.807) is 0 Å². The largest absolute Gasteiger partial charge is 0.359 e. The number of nitrogens with one attached hydrogen (secondary N) is 2. The number of halogens is 1. The van der Waals surface area contributed by atoms with Crippen molar-refractivity contribution in [1.29, 1.82) is 0 Å². The van der Waals surface area contributed by atoms with Crippen LogP contribution >= 0.6 is 0 Å². The van der Waals surface area contributed by atoms with Gasteiger partial charge in [-0.15, -0.1) is 0 Å². The van der Waals surface area contributed by atoms with E-state index in [1.165, 1.54) is 24.3 Å². The Morgan fingerprint density at radius 3 is 2.48 bits per heavy atom. The number of hydrogen-bond donors (Lipinski definition) is 2. The van der Waals surface area contributed by atoms with E-state index in [-0.39, 0.29) is 18.1 Å². The molecule has 3 aromatic rings. The topological polar surface area (TPSA) is 62.0 Å². The second-order valence-corrected chi connectivity index (χ2v) is 7.39. The monoisotopic (exact) mass is 332 g/mol. The highest BCUT2D eigenvalue weighted by atomic mass is 32.2. The van der Waals surface area contributed by atoms with Gasteiger partial charge in [-0.1, -0.05) is 18.2 Å². The minimum absolute atomic E-state index is 0.168. The summed E-state index contributed by atoms with van der Waals surface area (Å²) in [6.45, 7) is 2.20. The van der Waals surface area contributed by atoms with Crippen LogP contribution in [-0.4, -0.2) is 13.4 Å². The fourth-order valence-electron chi connectivity index (χ4n) is 2.48.